The van der Waals surface area contributed by atoms with Gasteiger partial charge in [-0.05, 0) is 12.5 Å². The van der Waals surface area contributed by atoms with Crippen LogP contribution in [0.15, 0.2) is 24.3 Å². The number of methoxy groups -OCH3 is 1. The Kier molecular flexibility index (Phi) is 4.61. The molecule has 18 heavy (non-hydrogen) atoms. The number of likely N-dealkylation sites (tertiary alicyclic amines) is 1. The van der Waals surface area contributed by atoms with E-state index in [1.54, 1.807) is 7.11 Å². The molecular formula is C15H24N2O. The van der Waals surface area contributed by atoms with Gasteiger partial charge in [-0.3, -0.25) is 4.90 Å². The summed E-state index contributed by atoms with van der Waals surface area (Å²) in [5.74, 6) is 0.998. The highest BCUT2D eigenvalue weighted by molar-refractivity contribution is 5.33. The average molecular weight is 248 g/mol. The third kappa shape index (κ3) is 3.47. The van der Waals surface area contributed by atoms with Gasteiger partial charge in [0, 0.05) is 37.3 Å². The van der Waals surface area contributed by atoms with E-state index in [0.29, 0.717) is 12.1 Å². The van der Waals surface area contributed by atoms with Crippen LogP contribution in [0.25, 0.3) is 0 Å². The van der Waals surface area contributed by atoms with Gasteiger partial charge in [-0.2, -0.15) is 0 Å². The number of ether oxygens (including phenoxy) is 1. The van der Waals surface area contributed by atoms with Crippen molar-refractivity contribution in [3.8, 4) is 5.75 Å². The van der Waals surface area contributed by atoms with E-state index in [1.165, 1.54) is 18.5 Å². The van der Waals surface area contributed by atoms with Crippen molar-refractivity contribution >= 4 is 0 Å². The van der Waals surface area contributed by atoms with E-state index in [2.05, 4.69) is 36.2 Å². The maximum absolute atomic E-state index is 5.40. The van der Waals surface area contributed by atoms with Crippen molar-refractivity contribution in [3.05, 3.63) is 29.8 Å². The maximum Gasteiger partial charge on any atom is 0.123 e. The minimum atomic E-state index is 0.571. The van der Waals surface area contributed by atoms with Crippen LogP contribution in [0.2, 0.25) is 0 Å². The smallest absolute Gasteiger partial charge is 0.123 e. The number of nitrogens with zero attached hydrogens (tertiary/aromatic N) is 1. The van der Waals surface area contributed by atoms with Gasteiger partial charge in [-0.25, -0.2) is 0 Å². The summed E-state index contributed by atoms with van der Waals surface area (Å²) in [6, 6.07) is 9.51. The van der Waals surface area contributed by atoms with Crippen LogP contribution in [-0.2, 0) is 6.54 Å². The summed E-state index contributed by atoms with van der Waals surface area (Å²) in [6.07, 6.45) is 1.24. The SMILES string of the molecule is COc1ccccc1CN1CCC(NC(C)C)C1. The Hall–Kier alpha value is -1.06. The molecule has 1 aromatic rings. The van der Waals surface area contributed by atoms with Gasteiger partial charge in [-0.15, -0.1) is 0 Å². The first kappa shape index (κ1) is 13.4. The van der Waals surface area contributed by atoms with Crippen LogP contribution in [0.5, 0.6) is 5.75 Å². The van der Waals surface area contributed by atoms with Gasteiger partial charge in [-0.1, -0.05) is 32.0 Å². The topological polar surface area (TPSA) is 24.5 Å². The van der Waals surface area contributed by atoms with Crippen molar-refractivity contribution in [2.45, 2.75) is 38.9 Å². The Morgan fingerprint density at radius 2 is 2.17 bits per heavy atom. The van der Waals surface area contributed by atoms with E-state index in [9.17, 15) is 0 Å². The van der Waals surface area contributed by atoms with Crippen molar-refractivity contribution in [1.82, 2.24) is 10.2 Å². The summed E-state index contributed by atoms with van der Waals surface area (Å²) in [4.78, 5) is 2.50. The normalized spacial score (nSPS) is 20.6. The van der Waals surface area contributed by atoms with Gasteiger partial charge in [0.15, 0.2) is 0 Å². The third-order valence-electron chi connectivity index (χ3n) is 3.43. The molecule has 3 nitrogen and oxygen atoms in total. The number of benzene rings is 1. The average Bonchev–Trinajstić information content (AvgIpc) is 2.76. The molecule has 3 heteroatoms. The first-order valence-electron chi connectivity index (χ1n) is 6.79. The molecule has 100 valence electrons. The highest BCUT2D eigenvalue weighted by Gasteiger charge is 2.23. The van der Waals surface area contributed by atoms with Crippen LogP contribution in [0.4, 0.5) is 0 Å². The molecule has 0 aliphatic carbocycles. The Balaban J connectivity index is 1.91. The highest BCUT2D eigenvalue weighted by atomic mass is 16.5. The van der Waals surface area contributed by atoms with Crippen LogP contribution < -0.4 is 10.1 Å². The van der Waals surface area contributed by atoms with E-state index in [-0.39, 0.29) is 0 Å². The van der Waals surface area contributed by atoms with Crippen molar-refractivity contribution < 1.29 is 4.74 Å². The number of para-hydroxylation sites is 1. The Morgan fingerprint density at radius 1 is 1.39 bits per heavy atom. The van der Waals surface area contributed by atoms with Crippen LogP contribution in [0.3, 0.4) is 0 Å². The van der Waals surface area contributed by atoms with Crippen LogP contribution in [-0.4, -0.2) is 37.2 Å². The predicted molar refractivity (Wildman–Crippen MR) is 74.9 cm³/mol. The third-order valence-corrected chi connectivity index (χ3v) is 3.43. The fourth-order valence-corrected chi connectivity index (χ4v) is 2.66. The minimum absolute atomic E-state index is 0.571. The van der Waals surface area contributed by atoms with Gasteiger partial charge in [0.1, 0.15) is 5.75 Å². The molecule has 1 aliphatic rings. The lowest BCUT2D eigenvalue weighted by molar-refractivity contribution is 0.309. The molecule has 0 radical (unpaired) electrons. The lowest BCUT2D eigenvalue weighted by Gasteiger charge is -2.19. The summed E-state index contributed by atoms with van der Waals surface area (Å²) in [6.45, 7) is 7.71. The van der Waals surface area contributed by atoms with E-state index < -0.39 is 0 Å². The zero-order chi connectivity index (χ0) is 13.0. The van der Waals surface area contributed by atoms with Crippen molar-refractivity contribution in [2.24, 2.45) is 0 Å². The second-order valence-electron chi connectivity index (χ2n) is 5.35. The zero-order valence-corrected chi connectivity index (χ0v) is 11.6. The lowest BCUT2D eigenvalue weighted by Crippen LogP contribution is -2.36. The Bertz CT molecular complexity index is 379. The summed E-state index contributed by atoms with van der Waals surface area (Å²) < 4.78 is 5.40. The first-order valence-corrected chi connectivity index (χ1v) is 6.79. The molecule has 0 bridgehead atoms. The summed E-state index contributed by atoms with van der Waals surface area (Å²) in [5.41, 5.74) is 1.28. The number of rotatable bonds is 5. The maximum atomic E-state index is 5.40. The van der Waals surface area contributed by atoms with Crippen molar-refractivity contribution in [3.63, 3.8) is 0 Å². The summed E-state index contributed by atoms with van der Waals surface area (Å²) in [7, 11) is 1.74. The van der Waals surface area contributed by atoms with Gasteiger partial charge >= 0.3 is 0 Å². The van der Waals surface area contributed by atoms with E-state index in [4.69, 9.17) is 4.74 Å². The summed E-state index contributed by atoms with van der Waals surface area (Å²) in [5, 5.41) is 3.61. The minimum Gasteiger partial charge on any atom is -0.496 e. The quantitative estimate of drug-likeness (QED) is 0.865. The molecule has 0 saturated carbocycles. The lowest BCUT2D eigenvalue weighted by atomic mass is 10.2. The Morgan fingerprint density at radius 3 is 2.89 bits per heavy atom. The summed E-state index contributed by atoms with van der Waals surface area (Å²) >= 11 is 0. The number of hydrogen-bond acceptors (Lipinski definition) is 3. The molecule has 1 atom stereocenters. The van der Waals surface area contributed by atoms with Crippen molar-refractivity contribution in [2.75, 3.05) is 20.2 Å². The standard InChI is InChI=1S/C15H24N2O/c1-12(2)16-14-8-9-17(11-14)10-13-6-4-5-7-15(13)18-3/h4-7,12,14,16H,8-11H2,1-3H3. The predicted octanol–water partition coefficient (Wildman–Crippen LogP) is 2.27. The van der Waals surface area contributed by atoms with Crippen LogP contribution in [0, 0.1) is 0 Å². The molecule has 1 N–H and O–H groups in total. The molecule has 1 saturated heterocycles. The molecular weight excluding hydrogens is 224 g/mol. The highest BCUT2D eigenvalue weighted by Crippen LogP contribution is 2.21. The molecule has 1 aliphatic heterocycles. The number of hydrogen-bond donors (Lipinski definition) is 1. The Labute approximate surface area is 110 Å². The monoisotopic (exact) mass is 248 g/mol. The molecule has 1 heterocycles. The van der Waals surface area contributed by atoms with E-state index in [1.807, 2.05) is 12.1 Å². The molecule has 0 amide bonds. The van der Waals surface area contributed by atoms with Gasteiger partial charge < -0.3 is 10.1 Å². The second kappa shape index (κ2) is 6.21. The number of nitrogens with one attached hydrogen (secondary N) is 1. The second-order valence-corrected chi connectivity index (χ2v) is 5.35. The molecule has 1 fully saturated rings. The molecule has 0 aromatic heterocycles. The van der Waals surface area contributed by atoms with E-state index in [0.717, 1.165) is 18.8 Å². The van der Waals surface area contributed by atoms with Crippen LogP contribution >= 0.6 is 0 Å². The van der Waals surface area contributed by atoms with Gasteiger partial charge in [0.2, 0.25) is 0 Å². The van der Waals surface area contributed by atoms with E-state index >= 15 is 0 Å². The zero-order valence-electron chi connectivity index (χ0n) is 11.6. The molecule has 1 aromatic carbocycles. The molecule has 2 rings (SSSR count). The first-order chi connectivity index (χ1) is 8.69. The molecule has 1 unspecified atom stereocenters. The van der Waals surface area contributed by atoms with Crippen molar-refractivity contribution in [1.29, 1.82) is 0 Å². The van der Waals surface area contributed by atoms with Crippen LogP contribution in [0.1, 0.15) is 25.8 Å². The largest absolute Gasteiger partial charge is 0.496 e. The van der Waals surface area contributed by atoms with Gasteiger partial charge in [0.05, 0.1) is 7.11 Å². The fraction of sp³-hybridized carbons (Fsp3) is 0.600. The van der Waals surface area contributed by atoms with Gasteiger partial charge in [0.25, 0.3) is 0 Å². The fourth-order valence-electron chi connectivity index (χ4n) is 2.66. The molecule has 0 spiro atoms.